The summed E-state index contributed by atoms with van der Waals surface area (Å²) < 4.78 is 5.12. The number of anilines is 1. The smallest absolute Gasteiger partial charge is 0.327 e. The third-order valence-corrected chi connectivity index (χ3v) is 7.88. The lowest BCUT2D eigenvalue weighted by atomic mass is 9.97. The molecule has 6 nitrogen and oxygen atoms in total. The highest BCUT2D eigenvalue weighted by molar-refractivity contribution is 7.19. The first kappa shape index (κ1) is 20.7. The summed E-state index contributed by atoms with van der Waals surface area (Å²) in [5.74, 6) is 0.759. The molecule has 8 heteroatoms. The normalized spacial score (nSPS) is 18.1. The molecule has 1 unspecified atom stereocenters. The summed E-state index contributed by atoms with van der Waals surface area (Å²) in [4.78, 5) is 29.0. The first-order chi connectivity index (χ1) is 15.2. The molecule has 0 amide bonds. The van der Waals surface area contributed by atoms with Gasteiger partial charge in [-0.1, -0.05) is 29.8 Å². The van der Waals surface area contributed by atoms with Crippen LogP contribution in [0.15, 0.2) is 30.6 Å². The van der Waals surface area contributed by atoms with Crippen LogP contribution in [0.3, 0.4) is 0 Å². The molecule has 3 heterocycles. The number of hydrogen-bond donors (Lipinski definition) is 0. The zero-order valence-corrected chi connectivity index (χ0v) is 19.1. The number of aromatic nitrogens is 2. The molecule has 1 fully saturated rings. The van der Waals surface area contributed by atoms with Gasteiger partial charge in [-0.3, -0.25) is 4.90 Å². The first-order valence-corrected chi connectivity index (χ1v) is 11.9. The number of esters is 1. The van der Waals surface area contributed by atoms with Gasteiger partial charge in [0.15, 0.2) is 0 Å². The Balaban J connectivity index is 1.41. The van der Waals surface area contributed by atoms with E-state index in [0.717, 1.165) is 55.2 Å². The molecule has 2 aliphatic rings. The van der Waals surface area contributed by atoms with Crippen molar-refractivity contribution in [2.75, 3.05) is 38.2 Å². The standard InChI is InChI=1S/C23H25ClN4O2S/c1-30-23(29)20(15-6-2-4-8-17(15)24)27-10-12-28(13-11-27)21-19-16-7-3-5-9-18(16)31-22(19)26-14-25-21/h2,4,6,8,14,20H,3,5,7,9-13H2,1H3. The van der Waals surface area contributed by atoms with Crippen LogP contribution in [0, 0.1) is 0 Å². The van der Waals surface area contributed by atoms with Crippen LogP contribution in [0.4, 0.5) is 5.82 Å². The molecular formula is C23H25ClN4O2S. The lowest BCUT2D eigenvalue weighted by molar-refractivity contribution is -0.147. The Labute approximate surface area is 190 Å². The molecule has 0 bridgehead atoms. The minimum absolute atomic E-state index is 0.280. The van der Waals surface area contributed by atoms with Gasteiger partial charge in [0.2, 0.25) is 0 Å². The number of benzene rings is 1. The number of carbonyl (C=O) groups excluding carboxylic acids is 1. The predicted molar refractivity (Wildman–Crippen MR) is 124 cm³/mol. The van der Waals surface area contributed by atoms with E-state index in [1.165, 1.54) is 35.8 Å². The summed E-state index contributed by atoms with van der Waals surface area (Å²) in [6.45, 7) is 3.02. The van der Waals surface area contributed by atoms with Crippen molar-refractivity contribution in [2.45, 2.75) is 31.7 Å². The van der Waals surface area contributed by atoms with E-state index in [1.807, 2.05) is 35.6 Å². The van der Waals surface area contributed by atoms with Gasteiger partial charge < -0.3 is 9.64 Å². The number of halogens is 1. The van der Waals surface area contributed by atoms with E-state index < -0.39 is 6.04 Å². The number of methoxy groups -OCH3 is 1. The minimum atomic E-state index is -0.500. The highest BCUT2D eigenvalue weighted by Gasteiger charge is 2.33. The maximum absolute atomic E-state index is 12.7. The fourth-order valence-electron chi connectivity index (χ4n) is 4.79. The molecule has 0 saturated carbocycles. The van der Waals surface area contributed by atoms with E-state index in [0.29, 0.717) is 5.02 Å². The van der Waals surface area contributed by atoms with Crippen molar-refractivity contribution < 1.29 is 9.53 Å². The number of nitrogens with zero attached hydrogens (tertiary/aromatic N) is 4. The Hall–Kier alpha value is -2.22. The Morgan fingerprint density at radius 3 is 2.68 bits per heavy atom. The molecule has 162 valence electrons. The van der Waals surface area contributed by atoms with Crippen molar-refractivity contribution in [3.05, 3.63) is 51.6 Å². The molecule has 1 aromatic carbocycles. The van der Waals surface area contributed by atoms with E-state index in [2.05, 4.69) is 14.8 Å². The number of piperazine rings is 1. The minimum Gasteiger partial charge on any atom is -0.468 e. The third kappa shape index (κ3) is 3.79. The van der Waals surface area contributed by atoms with E-state index in [4.69, 9.17) is 21.3 Å². The fourth-order valence-corrected chi connectivity index (χ4v) is 6.25. The number of aryl methyl sites for hydroxylation is 2. The molecule has 1 saturated heterocycles. The fraction of sp³-hybridized carbons (Fsp3) is 0.435. The molecule has 1 aliphatic heterocycles. The van der Waals surface area contributed by atoms with Crippen LogP contribution in [0.25, 0.3) is 10.2 Å². The van der Waals surface area contributed by atoms with Gasteiger partial charge in [0.05, 0.1) is 12.5 Å². The lowest BCUT2D eigenvalue weighted by Crippen LogP contribution is -2.49. The van der Waals surface area contributed by atoms with Crippen molar-refractivity contribution in [3.8, 4) is 0 Å². The molecule has 2 aromatic heterocycles. The van der Waals surface area contributed by atoms with Crippen LogP contribution in [-0.4, -0.2) is 54.1 Å². The molecule has 0 spiro atoms. The third-order valence-electron chi connectivity index (χ3n) is 6.33. The van der Waals surface area contributed by atoms with E-state index in [9.17, 15) is 4.79 Å². The molecule has 3 aromatic rings. The topological polar surface area (TPSA) is 58.6 Å². The molecular weight excluding hydrogens is 432 g/mol. The molecule has 1 aliphatic carbocycles. The van der Waals surface area contributed by atoms with Crippen molar-refractivity contribution in [2.24, 2.45) is 0 Å². The van der Waals surface area contributed by atoms with E-state index in [-0.39, 0.29) is 5.97 Å². The summed E-state index contributed by atoms with van der Waals surface area (Å²) in [5, 5.41) is 1.83. The van der Waals surface area contributed by atoms with Crippen LogP contribution >= 0.6 is 22.9 Å². The van der Waals surface area contributed by atoms with Crippen LogP contribution < -0.4 is 4.90 Å². The molecule has 0 radical (unpaired) electrons. The van der Waals surface area contributed by atoms with Crippen molar-refractivity contribution in [1.29, 1.82) is 0 Å². The van der Waals surface area contributed by atoms with Crippen LogP contribution in [0.2, 0.25) is 5.02 Å². The van der Waals surface area contributed by atoms with Crippen LogP contribution in [-0.2, 0) is 22.4 Å². The molecule has 1 atom stereocenters. The van der Waals surface area contributed by atoms with Crippen LogP contribution in [0.5, 0.6) is 0 Å². The van der Waals surface area contributed by atoms with Gasteiger partial charge in [0, 0.05) is 36.1 Å². The van der Waals surface area contributed by atoms with Crippen LogP contribution in [0.1, 0.15) is 34.9 Å². The first-order valence-electron chi connectivity index (χ1n) is 10.7. The average molecular weight is 457 g/mol. The summed E-state index contributed by atoms with van der Waals surface area (Å²) in [5.41, 5.74) is 2.24. The number of fused-ring (bicyclic) bond motifs is 3. The van der Waals surface area contributed by atoms with E-state index >= 15 is 0 Å². The van der Waals surface area contributed by atoms with Gasteiger partial charge in [-0.2, -0.15) is 0 Å². The van der Waals surface area contributed by atoms with Gasteiger partial charge in [-0.25, -0.2) is 14.8 Å². The summed E-state index contributed by atoms with van der Waals surface area (Å²) in [6, 6.07) is 7.01. The zero-order valence-electron chi connectivity index (χ0n) is 17.5. The monoisotopic (exact) mass is 456 g/mol. The quantitative estimate of drug-likeness (QED) is 0.547. The molecule has 31 heavy (non-hydrogen) atoms. The zero-order chi connectivity index (χ0) is 21.4. The highest BCUT2D eigenvalue weighted by Crippen LogP contribution is 2.39. The van der Waals surface area contributed by atoms with Crippen molar-refractivity contribution in [1.82, 2.24) is 14.9 Å². The Morgan fingerprint density at radius 2 is 1.90 bits per heavy atom. The summed E-state index contributed by atoms with van der Waals surface area (Å²) in [6.07, 6.45) is 6.46. The summed E-state index contributed by atoms with van der Waals surface area (Å²) >= 11 is 8.25. The van der Waals surface area contributed by atoms with Gasteiger partial charge in [-0.05, 0) is 42.9 Å². The van der Waals surface area contributed by atoms with Gasteiger partial charge in [-0.15, -0.1) is 11.3 Å². The summed E-state index contributed by atoms with van der Waals surface area (Å²) in [7, 11) is 1.43. The molecule has 0 N–H and O–H groups in total. The average Bonchev–Trinajstić information content (AvgIpc) is 3.20. The maximum atomic E-state index is 12.7. The molecule has 5 rings (SSSR count). The largest absolute Gasteiger partial charge is 0.468 e. The maximum Gasteiger partial charge on any atom is 0.327 e. The number of hydrogen-bond acceptors (Lipinski definition) is 7. The van der Waals surface area contributed by atoms with Gasteiger partial charge in [0.25, 0.3) is 0 Å². The highest BCUT2D eigenvalue weighted by atomic mass is 35.5. The van der Waals surface area contributed by atoms with Gasteiger partial charge in [0.1, 0.15) is 23.0 Å². The van der Waals surface area contributed by atoms with E-state index in [1.54, 1.807) is 6.33 Å². The SMILES string of the molecule is COC(=O)C(c1ccccc1Cl)N1CCN(c2ncnc3sc4c(c23)CCCC4)CC1. The second-order valence-corrected chi connectivity index (χ2v) is 9.55. The van der Waals surface area contributed by atoms with Gasteiger partial charge >= 0.3 is 5.97 Å². The Morgan fingerprint density at radius 1 is 1.13 bits per heavy atom. The Bertz CT molecular complexity index is 1110. The number of carbonyl (C=O) groups is 1. The second kappa shape index (κ2) is 8.73. The van der Waals surface area contributed by atoms with Crippen molar-refractivity contribution >= 4 is 44.9 Å². The second-order valence-electron chi connectivity index (χ2n) is 8.06. The predicted octanol–water partition coefficient (Wildman–Crippen LogP) is 4.26. The number of rotatable bonds is 4. The number of ether oxygens (including phenoxy) is 1. The number of thiophene rings is 1. The Kier molecular flexibility index (Phi) is 5.82. The lowest BCUT2D eigenvalue weighted by Gasteiger charge is -2.39. The van der Waals surface area contributed by atoms with Crippen molar-refractivity contribution in [3.63, 3.8) is 0 Å².